The van der Waals surface area contributed by atoms with Crippen LogP contribution in [0.5, 0.6) is 0 Å². The monoisotopic (exact) mass is 439 g/mol. The molecule has 0 aliphatic carbocycles. The number of halogens is 1. The topological polar surface area (TPSA) is 75.9 Å². The molecule has 2 aromatic rings. The van der Waals surface area contributed by atoms with Crippen molar-refractivity contribution in [2.45, 2.75) is 50.4 Å². The number of hydrogen-bond donors (Lipinski definition) is 1. The second kappa shape index (κ2) is 9.38. The van der Waals surface area contributed by atoms with Crippen LogP contribution in [0.4, 0.5) is 4.39 Å². The smallest absolute Gasteiger partial charge is 0.252 e. The summed E-state index contributed by atoms with van der Waals surface area (Å²) < 4.78 is 19.5. The van der Waals surface area contributed by atoms with Crippen LogP contribution in [0.15, 0.2) is 48.5 Å². The zero-order valence-electron chi connectivity index (χ0n) is 18.5. The number of carbonyl (C=O) groups is 2. The molecule has 6 nitrogen and oxygen atoms in total. The van der Waals surface area contributed by atoms with Gasteiger partial charge in [0.15, 0.2) is 0 Å². The number of rotatable bonds is 4. The van der Waals surface area contributed by atoms with Crippen LogP contribution < -0.4 is 5.73 Å². The second-order valence-corrected chi connectivity index (χ2v) is 8.58. The van der Waals surface area contributed by atoms with Gasteiger partial charge in [0.2, 0.25) is 5.91 Å². The molecule has 1 saturated heterocycles. The minimum Gasteiger partial charge on any atom is -0.366 e. The van der Waals surface area contributed by atoms with Gasteiger partial charge in [0, 0.05) is 26.1 Å². The maximum absolute atomic E-state index is 13.6. The number of nitrogens with two attached hydrogens (primary N) is 1. The molecule has 170 valence electrons. The van der Waals surface area contributed by atoms with E-state index in [-0.39, 0.29) is 42.4 Å². The summed E-state index contributed by atoms with van der Waals surface area (Å²) in [5.41, 5.74) is 9.48. The lowest BCUT2D eigenvalue weighted by Crippen LogP contribution is -2.58. The molecule has 0 radical (unpaired) electrons. The molecule has 7 heteroatoms. The Bertz CT molecular complexity index is 981. The standard InChI is InChI=1S/C25H30FN3O3/c1-3-23(30)28(2)21-15-32-22(14-20(21)27)25(31)29-13-12-16-6-4-5-7-19(16)24(29)17-8-10-18(26)11-9-17/h4-11,20-22,24H,3,12-15,27H2,1-2H3/t20-,21-,22+,24-/m0/s1. The van der Waals surface area contributed by atoms with Crippen molar-refractivity contribution in [2.24, 2.45) is 5.73 Å². The Balaban J connectivity index is 1.57. The van der Waals surface area contributed by atoms with Crippen molar-refractivity contribution < 1.29 is 18.7 Å². The first-order chi connectivity index (χ1) is 15.4. The van der Waals surface area contributed by atoms with E-state index in [1.165, 1.54) is 17.7 Å². The summed E-state index contributed by atoms with van der Waals surface area (Å²) in [4.78, 5) is 29.1. The number of likely N-dealkylation sites (N-methyl/N-ethyl adjacent to an activating group) is 1. The molecule has 2 amide bonds. The average molecular weight is 440 g/mol. The number of ether oxygens (including phenoxy) is 1. The van der Waals surface area contributed by atoms with Gasteiger partial charge in [0.25, 0.3) is 5.91 Å². The molecule has 2 aromatic carbocycles. The molecule has 0 saturated carbocycles. The molecule has 0 bridgehead atoms. The third-order valence-electron chi connectivity index (χ3n) is 6.67. The van der Waals surface area contributed by atoms with Crippen molar-refractivity contribution in [3.8, 4) is 0 Å². The molecule has 0 unspecified atom stereocenters. The zero-order valence-corrected chi connectivity index (χ0v) is 18.5. The van der Waals surface area contributed by atoms with E-state index in [4.69, 9.17) is 10.5 Å². The van der Waals surface area contributed by atoms with E-state index in [2.05, 4.69) is 6.07 Å². The fourth-order valence-corrected chi connectivity index (χ4v) is 4.81. The number of amides is 2. The van der Waals surface area contributed by atoms with Gasteiger partial charge in [-0.15, -0.1) is 0 Å². The van der Waals surface area contributed by atoms with E-state index in [1.54, 1.807) is 24.1 Å². The lowest BCUT2D eigenvalue weighted by molar-refractivity contribution is -0.154. The van der Waals surface area contributed by atoms with Crippen LogP contribution in [0.25, 0.3) is 0 Å². The first-order valence-corrected chi connectivity index (χ1v) is 11.2. The van der Waals surface area contributed by atoms with Gasteiger partial charge in [0.05, 0.1) is 18.7 Å². The van der Waals surface area contributed by atoms with Crippen LogP contribution in [0.2, 0.25) is 0 Å². The van der Waals surface area contributed by atoms with E-state index in [0.29, 0.717) is 19.4 Å². The van der Waals surface area contributed by atoms with Gasteiger partial charge in [-0.2, -0.15) is 0 Å². The van der Waals surface area contributed by atoms with Gasteiger partial charge >= 0.3 is 0 Å². The lowest BCUT2D eigenvalue weighted by Gasteiger charge is -2.43. The molecule has 2 heterocycles. The normalized spacial score (nSPS) is 25.2. The summed E-state index contributed by atoms with van der Waals surface area (Å²) in [6.45, 7) is 2.58. The molecule has 0 aromatic heterocycles. The number of benzene rings is 2. The van der Waals surface area contributed by atoms with E-state index in [9.17, 15) is 14.0 Å². The summed E-state index contributed by atoms with van der Waals surface area (Å²) in [6.07, 6.45) is 0.822. The Kier molecular flexibility index (Phi) is 6.58. The molecule has 4 rings (SSSR count). The Hall–Kier alpha value is -2.77. The summed E-state index contributed by atoms with van der Waals surface area (Å²) in [6, 6.07) is 13.5. The highest BCUT2D eigenvalue weighted by atomic mass is 19.1. The van der Waals surface area contributed by atoms with E-state index in [1.807, 2.05) is 30.0 Å². The van der Waals surface area contributed by atoms with Crippen molar-refractivity contribution in [1.29, 1.82) is 0 Å². The maximum Gasteiger partial charge on any atom is 0.252 e. The van der Waals surface area contributed by atoms with Gasteiger partial charge in [-0.3, -0.25) is 9.59 Å². The van der Waals surface area contributed by atoms with Crippen LogP contribution in [-0.2, 0) is 20.7 Å². The fraction of sp³-hybridized carbons (Fsp3) is 0.440. The number of nitrogens with zero attached hydrogens (tertiary/aromatic N) is 2. The molecule has 32 heavy (non-hydrogen) atoms. The van der Waals surface area contributed by atoms with Gasteiger partial charge in [-0.05, 0) is 41.7 Å². The van der Waals surface area contributed by atoms with Crippen LogP contribution >= 0.6 is 0 Å². The maximum atomic E-state index is 13.6. The SMILES string of the molecule is CCC(=O)N(C)[C@H]1CO[C@@H](C(=O)N2CCc3ccccc3[C@@H]2c2ccc(F)cc2)C[C@@H]1N. The predicted octanol–water partition coefficient (Wildman–Crippen LogP) is 2.65. The molecule has 2 aliphatic rings. The van der Waals surface area contributed by atoms with Crippen molar-refractivity contribution >= 4 is 11.8 Å². The first-order valence-electron chi connectivity index (χ1n) is 11.2. The number of carbonyl (C=O) groups excluding carboxylic acids is 2. The third-order valence-corrected chi connectivity index (χ3v) is 6.67. The van der Waals surface area contributed by atoms with Crippen molar-refractivity contribution in [1.82, 2.24) is 9.80 Å². The minimum absolute atomic E-state index is 0.00263. The zero-order chi connectivity index (χ0) is 22.8. The molecule has 4 atom stereocenters. The summed E-state index contributed by atoms with van der Waals surface area (Å²) >= 11 is 0. The van der Waals surface area contributed by atoms with Gasteiger partial charge in [-0.1, -0.05) is 43.3 Å². The molecule has 2 N–H and O–H groups in total. The molecule has 2 aliphatic heterocycles. The van der Waals surface area contributed by atoms with Crippen molar-refractivity contribution in [3.05, 3.63) is 71.0 Å². The molecule has 0 spiro atoms. The minimum atomic E-state index is -0.667. The average Bonchev–Trinajstić information content (AvgIpc) is 2.82. The highest BCUT2D eigenvalue weighted by molar-refractivity contribution is 5.82. The van der Waals surface area contributed by atoms with E-state index < -0.39 is 6.10 Å². The summed E-state index contributed by atoms with van der Waals surface area (Å²) in [7, 11) is 1.73. The first kappa shape index (κ1) is 22.4. The summed E-state index contributed by atoms with van der Waals surface area (Å²) in [5, 5.41) is 0. The Labute approximate surface area is 188 Å². The molecular weight excluding hydrogens is 409 g/mol. The van der Waals surface area contributed by atoms with E-state index in [0.717, 1.165) is 17.5 Å². The van der Waals surface area contributed by atoms with Crippen LogP contribution in [-0.4, -0.2) is 60.0 Å². The Morgan fingerprint density at radius 3 is 2.59 bits per heavy atom. The lowest BCUT2D eigenvalue weighted by atomic mass is 9.87. The van der Waals surface area contributed by atoms with Crippen molar-refractivity contribution in [2.75, 3.05) is 20.2 Å². The van der Waals surface area contributed by atoms with Gasteiger partial charge < -0.3 is 20.3 Å². The van der Waals surface area contributed by atoms with Gasteiger partial charge in [-0.25, -0.2) is 4.39 Å². The largest absolute Gasteiger partial charge is 0.366 e. The highest BCUT2D eigenvalue weighted by Crippen LogP contribution is 2.36. The molecule has 1 fully saturated rings. The number of hydrogen-bond acceptors (Lipinski definition) is 4. The Morgan fingerprint density at radius 2 is 1.91 bits per heavy atom. The van der Waals surface area contributed by atoms with Crippen LogP contribution in [0.3, 0.4) is 0 Å². The second-order valence-electron chi connectivity index (χ2n) is 8.58. The number of fused-ring (bicyclic) bond motifs is 1. The Morgan fingerprint density at radius 1 is 1.19 bits per heavy atom. The van der Waals surface area contributed by atoms with Crippen molar-refractivity contribution in [3.63, 3.8) is 0 Å². The predicted molar refractivity (Wildman–Crippen MR) is 119 cm³/mol. The fourth-order valence-electron chi connectivity index (χ4n) is 4.81. The molecular formula is C25H30FN3O3. The quantitative estimate of drug-likeness (QED) is 0.795. The third kappa shape index (κ3) is 4.27. The van der Waals surface area contributed by atoms with Gasteiger partial charge in [0.1, 0.15) is 11.9 Å². The highest BCUT2D eigenvalue weighted by Gasteiger charge is 2.40. The summed E-state index contributed by atoms with van der Waals surface area (Å²) in [5.74, 6) is -0.427. The van der Waals surface area contributed by atoms with Crippen LogP contribution in [0, 0.1) is 5.82 Å². The van der Waals surface area contributed by atoms with E-state index >= 15 is 0 Å². The van der Waals surface area contributed by atoms with Crippen LogP contribution in [0.1, 0.15) is 42.5 Å².